The minimum Gasteiger partial charge on any atom is -0.377 e. The van der Waals surface area contributed by atoms with Gasteiger partial charge >= 0.3 is 0 Å². The summed E-state index contributed by atoms with van der Waals surface area (Å²) in [4.78, 5) is 9.34. The Morgan fingerprint density at radius 2 is 2.06 bits per heavy atom. The lowest BCUT2D eigenvalue weighted by molar-refractivity contribution is 0.177. The molecule has 2 aromatic rings. The molecule has 172 valence electrons. The lowest BCUT2D eigenvalue weighted by Crippen LogP contribution is -2.47. The number of hydrogen-bond donors (Lipinski definition) is 2. The van der Waals surface area contributed by atoms with Gasteiger partial charge < -0.3 is 15.4 Å². The third-order valence-corrected chi connectivity index (χ3v) is 5.40. The maximum absolute atomic E-state index is 5.15. The molecule has 1 unspecified atom stereocenters. The summed E-state index contributed by atoms with van der Waals surface area (Å²) in [5, 5.41) is 11.5. The van der Waals surface area contributed by atoms with Gasteiger partial charge in [-0.2, -0.15) is 5.10 Å². The molecule has 1 atom stereocenters. The number of halogens is 1. The molecule has 7 nitrogen and oxygen atoms in total. The molecule has 31 heavy (non-hydrogen) atoms. The largest absolute Gasteiger partial charge is 0.377 e. The fraction of sp³-hybridized carbons (Fsp3) is 0.609. The Morgan fingerprint density at radius 1 is 1.29 bits per heavy atom. The van der Waals surface area contributed by atoms with Crippen LogP contribution in [0.2, 0.25) is 0 Å². The molecule has 0 bridgehead atoms. The van der Waals surface area contributed by atoms with Crippen molar-refractivity contribution < 1.29 is 4.74 Å². The van der Waals surface area contributed by atoms with E-state index in [-0.39, 0.29) is 24.0 Å². The number of hydrogen-bond acceptors (Lipinski definition) is 4. The van der Waals surface area contributed by atoms with Gasteiger partial charge in [-0.15, -0.1) is 24.0 Å². The van der Waals surface area contributed by atoms with Crippen molar-refractivity contribution in [2.45, 2.75) is 71.6 Å². The lowest BCUT2D eigenvalue weighted by Gasteiger charge is -2.25. The van der Waals surface area contributed by atoms with Crippen LogP contribution in [0.1, 0.15) is 62.3 Å². The summed E-state index contributed by atoms with van der Waals surface area (Å²) >= 11 is 0. The number of methoxy groups -OCH3 is 1. The van der Waals surface area contributed by atoms with Gasteiger partial charge in [-0.05, 0) is 43.2 Å². The summed E-state index contributed by atoms with van der Waals surface area (Å²) in [5.41, 5.74) is 2.78. The fourth-order valence-electron chi connectivity index (χ4n) is 3.73. The third-order valence-electron chi connectivity index (χ3n) is 5.40. The van der Waals surface area contributed by atoms with E-state index in [1.54, 1.807) is 7.11 Å². The van der Waals surface area contributed by atoms with Crippen LogP contribution in [0.25, 0.3) is 0 Å². The Morgan fingerprint density at radius 3 is 2.74 bits per heavy atom. The molecule has 2 N–H and O–H groups in total. The molecule has 0 fully saturated rings. The minimum absolute atomic E-state index is 0. The van der Waals surface area contributed by atoms with Crippen molar-refractivity contribution in [3.63, 3.8) is 0 Å². The molecular weight excluding hydrogens is 503 g/mol. The third kappa shape index (κ3) is 7.75. The van der Waals surface area contributed by atoms with Gasteiger partial charge in [0.25, 0.3) is 0 Å². The Balaban J connectivity index is 0.00000341. The van der Waals surface area contributed by atoms with E-state index in [0.717, 1.165) is 62.9 Å². The highest BCUT2D eigenvalue weighted by molar-refractivity contribution is 14.0. The Labute approximate surface area is 203 Å². The summed E-state index contributed by atoms with van der Waals surface area (Å²) < 4.78 is 7.15. The molecular formula is C23H37IN6O. The molecule has 0 radical (unpaired) electrons. The van der Waals surface area contributed by atoms with E-state index in [1.807, 2.05) is 4.68 Å². The van der Waals surface area contributed by atoms with Gasteiger partial charge in [-0.25, -0.2) is 9.67 Å². The van der Waals surface area contributed by atoms with Crippen molar-refractivity contribution in [1.82, 2.24) is 25.4 Å². The van der Waals surface area contributed by atoms with Gasteiger partial charge in [0, 0.05) is 32.7 Å². The number of nitrogens with zero attached hydrogens (tertiary/aromatic N) is 4. The van der Waals surface area contributed by atoms with Crippen molar-refractivity contribution in [3.05, 3.63) is 47.0 Å². The fourth-order valence-corrected chi connectivity index (χ4v) is 3.73. The highest BCUT2D eigenvalue weighted by Gasteiger charge is 2.22. The summed E-state index contributed by atoms with van der Waals surface area (Å²) in [5.74, 6) is 3.27. The summed E-state index contributed by atoms with van der Waals surface area (Å²) in [6.45, 7) is 9.48. The van der Waals surface area contributed by atoms with Crippen molar-refractivity contribution in [3.8, 4) is 0 Å². The van der Waals surface area contributed by atoms with Crippen molar-refractivity contribution in [1.29, 1.82) is 0 Å². The molecule has 0 amide bonds. The second-order valence-corrected chi connectivity index (χ2v) is 8.20. The number of nitrogens with one attached hydrogen (secondary N) is 2. The van der Waals surface area contributed by atoms with Gasteiger partial charge in [0.1, 0.15) is 12.4 Å². The Hall–Kier alpha value is -1.68. The number of fused-ring (bicyclic) bond motifs is 1. The zero-order chi connectivity index (χ0) is 21.3. The molecule has 1 aliphatic rings. The van der Waals surface area contributed by atoms with E-state index in [1.165, 1.54) is 11.1 Å². The van der Waals surface area contributed by atoms with Crippen LogP contribution in [0.3, 0.4) is 0 Å². The number of aliphatic imine (C=N–C) groups is 1. The van der Waals surface area contributed by atoms with Crippen molar-refractivity contribution in [2.24, 2.45) is 4.99 Å². The first-order valence-corrected chi connectivity index (χ1v) is 11.1. The molecule has 2 heterocycles. The summed E-state index contributed by atoms with van der Waals surface area (Å²) in [7, 11) is 1.67. The van der Waals surface area contributed by atoms with E-state index < -0.39 is 0 Å². The van der Waals surface area contributed by atoms with Crippen LogP contribution >= 0.6 is 24.0 Å². The normalized spacial score (nSPS) is 16.0. The zero-order valence-corrected chi connectivity index (χ0v) is 21.6. The highest BCUT2D eigenvalue weighted by Crippen LogP contribution is 2.16. The standard InChI is InChI=1S/C23H36N6O.HI/c1-5-24-23(25-14-6-7-18-8-10-19(11-9-18)17(2)3)26-20-12-13-22-27-21(16-30-4)28-29(22)15-20;/h8-11,17,20H,5-7,12-16H2,1-4H3,(H2,24,25,26);1H. The SMILES string of the molecule is CCNC(=NCCCc1ccc(C(C)C)cc1)NC1CCc2nc(COC)nn2C1.I. The molecule has 1 aromatic carbocycles. The van der Waals surface area contributed by atoms with E-state index >= 15 is 0 Å². The smallest absolute Gasteiger partial charge is 0.191 e. The second kappa shape index (κ2) is 13.0. The molecule has 0 saturated heterocycles. The van der Waals surface area contributed by atoms with Gasteiger partial charge in [-0.1, -0.05) is 38.1 Å². The van der Waals surface area contributed by atoms with E-state index in [9.17, 15) is 0 Å². The molecule has 0 saturated carbocycles. The number of aromatic nitrogens is 3. The first-order chi connectivity index (χ1) is 14.6. The van der Waals surface area contributed by atoms with Crippen LogP contribution < -0.4 is 10.6 Å². The van der Waals surface area contributed by atoms with Gasteiger partial charge in [0.15, 0.2) is 11.8 Å². The molecule has 0 aliphatic carbocycles. The Bertz CT molecular complexity index is 818. The van der Waals surface area contributed by atoms with Crippen molar-refractivity contribution in [2.75, 3.05) is 20.2 Å². The minimum atomic E-state index is 0. The predicted molar refractivity (Wildman–Crippen MR) is 136 cm³/mol. The number of guanidine groups is 1. The average molecular weight is 540 g/mol. The van der Waals surface area contributed by atoms with E-state index in [2.05, 4.69) is 65.8 Å². The highest BCUT2D eigenvalue weighted by atomic mass is 127. The monoisotopic (exact) mass is 540 g/mol. The Kier molecular flexibility index (Phi) is 10.7. The zero-order valence-electron chi connectivity index (χ0n) is 19.2. The predicted octanol–water partition coefficient (Wildman–Crippen LogP) is 3.67. The number of aryl methyl sites for hydroxylation is 2. The first-order valence-electron chi connectivity index (χ1n) is 11.1. The van der Waals surface area contributed by atoms with Crippen LogP contribution in [0.5, 0.6) is 0 Å². The topological polar surface area (TPSA) is 76.4 Å². The number of rotatable bonds is 9. The quantitative estimate of drug-likeness (QED) is 0.220. The molecule has 0 spiro atoms. The van der Waals surface area contributed by atoms with Gasteiger partial charge in [0.05, 0.1) is 6.54 Å². The molecule has 3 rings (SSSR count). The van der Waals surface area contributed by atoms with Gasteiger partial charge in [-0.3, -0.25) is 4.99 Å². The molecule has 1 aromatic heterocycles. The number of benzene rings is 1. The van der Waals surface area contributed by atoms with E-state index in [4.69, 9.17) is 9.73 Å². The first kappa shape index (κ1) is 25.6. The van der Waals surface area contributed by atoms with Crippen LogP contribution in [-0.2, 0) is 30.7 Å². The lowest BCUT2D eigenvalue weighted by atomic mass is 10.0. The van der Waals surface area contributed by atoms with Crippen LogP contribution in [0, 0.1) is 0 Å². The van der Waals surface area contributed by atoms with Gasteiger partial charge in [0.2, 0.25) is 0 Å². The van der Waals surface area contributed by atoms with Crippen LogP contribution in [-0.4, -0.2) is 47.0 Å². The average Bonchev–Trinajstić information content (AvgIpc) is 3.13. The van der Waals surface area contributed by atoms with E-state index in [0.29, 0.717) is 18.6 Å². The molecule has 8 heteroatoms. The van der Waals surface area contributed by atoms with Crippen molar-refractivity contribution >= 4 is 29.9 Å². The van der Waals surface area contributed by atoms with Crippen LogP contribution in [0.4, 0.5) is 0 Å². The van der Waals surface area contributed by atoms with Crippen LogP contribution in [0.15, 0.2) is 29.3 Å². The molecule has 1 aliphatic heterocycles. The summed E-state index contributed by atoms with van der Waals surface area (Å²) in [6.07, 6.45) is 4.03. The second-order valence-electron chi connectivity index (χ2n) is 8.20. The summed E-state index contributed by atoms with van der Waals surface area (Å²) in [6, 6.07) is 9.29. The maximum atomic E-state index is 5.15. The number of ether oxygens (including phenoxy) is 1. The maximum Gasteiger partial charge on any atom is 0.191 e.